The zero-order chi connectivity index (χ0) is 15.1. The van der Waals surface area contributed by atoms with Crippen LogP contribution in [0.2, 0.25) is 0 Å². The summed E-state index contributed by atoms with van der Waals surface area (Å²) in [5.41, 5.74) is 2.42. The summed E-state index contributed by atoms with van der Waals surface area (Å²) in [6, 6.07) is 15.1. The first-order valence-corrected chi connectivity index (χ1v) is 7.66. The van der Waals surface area contributed by atoms with E-state index in [4.69, 9.17) is 0 Å². The molecule has 3 heteroatoms. The topological polar surface area (TPSA) is 28.2 Å². The van der Waals surface area contributed by atoms with E-state index in [1.54, 1.807) is 0 Å². The molecule has 0 spiro atoms. The van der Waals surface area contributed by atoms with Crippen molar-refractivity contribution in [3.8, 4) is 0 Å². The molecule has 0 saturated carbocycles. The molecule has 1 unspecified atom stereocenters. The van der Waals surface area contributed by atoms with Crippen LogP contribution in [0.4, 0.5) is 11.5 Å². The number of hydrogen-bond acceptors (Lipinski definition) is 3. The van der Waals surface area contributed by atoms with Crippen LogP contribution in [0, 0.1) is 0 Å². The van der Waals surface area contributed by atoms with Crippen molar-refractivity contribution in [2.75, 3.05) is 24.3 Å². The molecule has 0 aliphatic carbocycles. The summed E-state index contributed by atoms with van der Waals surface area (Å²) in [4.78, 5) is 6.51. The van der Waals surface area contributed by atoms with E-state index in [0.717, 1.165) is 17.9 Å². The van der Waals surface area contributed by atoms with Gasteiger partial charge in [0.15, 0.2) is 5.82 Å². The van der Waals surface area contributed by atoms with Crippen molar-refractivity contribution >= 4 is 11.5 Å². The Morgan fingerprint density at radius 3 is 2.52 bits per heavy atom. The van der Waals surface area contributed by atoms with Gasteiger partial charge in [-0.05, 0) is 24.1 Å². The molecule has 0 fully saturated rings. The van der Waals surface area contributed by atoms with Crippen LogP contribution in [0.1, 0.15) is 37.8 Å². The lowest BCUT2D eigenvalue weighted by atomic mass is 10.0. The van der Waals surface area contributed by atoms with Crippen LogP contribution >= 0.6 is 0 Å². The van der Waals surface area contributed by atoms with Crippen molar-refractivity contribution in [2.24, 2.45) is 0 Å². The molecule has 0 aliphatic heterocycles. The van der Waals surface area contributed by atoms with Gasteiger partial charge in [-0.15, -0.1) is 0 Å². The third-order valence-corrected chi connectivity index (χ3v) is 3.59. The van der Waals surface area contributed by atoms with Crippen molar-refractivity contribution in [3.63, 3.8) is 0 Å². The standard InChI is InChI=1S/C18H25N3/c1-4-5-12-16(15-10-7-6-8-11-15)20-17-13-9-14-19-18(17)21(2)3/h6-11,13-14,16,20H,4-5,12H2,1-3H3. The summed E-state index contributed by atoms with van der Waals surface area (Å²) in [6.07, 6.45) is 5.38. The number of unbranched alkanes of at least 4 members (excludes halogenated alkanes) is 1. The van der Waals surface area contributed by atoms with Gasteiger partial charge >= 0.3 is 0 Å². The highest BCUT2D eigenvalue weighted by Crippen LogP contribution is 2.28. The molecule has 2 rings (SSSR count). The first kappa shape index (κ1) is 15.4. The summed E-state index contributed by atoms with van der Waals surface area (Å²) < 4.78 is 0. The molecule has 3 nitrogen and oxygen atoms in total. The van der Waals surface area contributed by atoms with E-state index in [9.17, 15) is 0 Å². The molecule has 1 aromatic carbocycles. The van der Waals surface area contributed by atoms with E-state index in [-0.39, 0.29) is 0 Å². The normalized spacial score (nSPS) is 12.0. The van der Waals surface area contributed by atoms with Crippen molar-refractivity contribution in [1.82, 2.24) is 4.98 Å². The van der Waals surface area contributed by atoms with Gasteiger partial charge in [0.1, 0.15) is 0 Å². The second-order valence-electron chi connectivity index (χ2n) is 5.52. The van der Waals surface area contributed by atoms with E-state index < -0.39 is 0 Å². The van der Waals surface area contributed by atoms with E-state index in [1.165, 1.54) is 18.4 Å². The maximum atomic E-state index is 4.47. The Morgan fingerprint density at radius 2 is 1.86 bits per heavy atom. The van der Waals surface area contributed by atoms with E-state index in [1.807, 2.05) is 31.3 Å². The fraction of sp³-hybridized carbons (Fsp3) is 0.389. The third kappa shape index (κ3) is 4.22. The minimum absolute atomic E-state index is 0.328. The van der Waals surface area contributed by atoms with Crippen molar-refractivity contribution < 1.29 is 0 Å². The minimum Gasteiger partial charge on any atom is -0.375 e. The summed E-state index contributed by atoms with van der Waals surface area (Å²) in [6.45, 7) is 2.23. The van der Waals surface area contributed by atoms with Gasteiger partial charge in [-0.3, -0.25) is 0 Å². The fourth-order valence-electron chi connectivity index (χ4n) is 2.47. The van der Waals surface area contributed by atoms with Crippen molar-refractivity contribution in [2.45, 2.75) is 32.2 Å². The smallest absolute Gasteiger partial charge is 0.151 e. The van der Waals surface area contributed by atoms with Gasteiger partial charge in [-0.25, -0.2) is 4.98 Å². The average molecular weight is 283 g/mol. The first-order chi connectivity index (χ1) is 10.2. The van der Waals surface area contributed by atoms with Crippen LogP contribution in [0.25, 0.3) is 0 Å². The van der Waals surface area contributed by atoms with Crippen LogP contribution in [-0.2, 0) is 0 Å². The maximum absolute atomic E-state index is 4.47. The SMILES string of the molecule is CCCCC(Nc1cccnc1N(C)C)c1ccccc1. The number of nitrogens with one attached hydrogen (secondary N) is 1. The molecule has 21 heavy (non-hydrogen) atoms. The molecule has 1 aromatic heterocycles. The number of rotatable bonds is 7. The molecule has 1 N–H and O–H groups in total. The largest absolute Gasteiger partial charge is 0.375 e. The predicted molar refractivity (Wildman–Crippen MR) is 90.9 cm³/mol. The van der Waals surface area contributed by atoms with Gasteiger partial charge in [0.25, 0.3) is 0 Å². The van der Waals surface area contributed by atoms with Crippen LogP contribution in [0.3, 0.4) is 0 Å². The molecule has 0 radical (unpaired) electrons. The van der Waals surface area contributed by atoms with E-state index >= 15 is 0 Å². The van der Waals surface area contributed by atoms with Crippen LogP contribution in [0.15, 0.2) is 48.7 Å². The number of nitrogens with zero attached hydrogens (tertiary/aromatic N) is 2. The highest BCUT2D eigenvalue weighted by Gasteiger charge is 2.13. The minimum atomic E-state index is 0.328. The molecule has 112 valence electrons. The van der Waals surface area contributed by atoms with Crippen molar-refractivity contribution in [3.05, 3.63) is 54.2 Å². The van der Waals surface area contributed by atoms with E-state index in [0.29, 0.717) is 6.04 Å². The number of benzene rings is 1. The monoisotopic (exact) mass is 283 g/mol. The molecular weight excluding hydrogens is 258 g/mol. The number of aromatic nitrogens is 1. The van der Waals surface area contributed by atoms with Gasteiger partial charge in [-0.2, -0.15) is 0 Å². The molecular formula is C18H25N3. The summed E-state index contributed by atoms with van der Waals surface area (Å²) in [7, 11) is 4.05. The lowest BCUT2D eigenvalue weighted by molar-refractivity contribution is 0.634. The second kappa shape index (κ2) is 7.67. The predicted octanol–water partition coefficient (Wildman–Crippen LogP) is 4.49. The van der Waals surface area contributed by atoms with Crippen LogP contribution < -0.4 is 10.2 Å². The summed E-state index contributed by atoms with van der Waals surface area (Å²) >= 11 is 0. The Kier molecular flexibility index (Phi) is 5.61. The average Bonchev–Trinajstić information content (AvgIpc) is 2.52. The lowest BCUT2D eigenvalue weighted by Gasteiger charge is -2.23. The van der Waals surface area contributed by atoms with Gasteiger partial charge < -0.3 is 10.2 Å². The molecule has 0 saturated heterocycles. The highest BCUT2D eigenvalue weighted by atomic mass is 15.2. The molecule has 0 bridgehead atoms. The zero-order valence-corrected chi connectivity index (χ0v) is 13.2. The lowest BCUT2D eigenvalue weighted by Crippen LogP contribution is -2.17. The Labute approximate surface area is 128 Å². The molecule has 2 aromatic rings. The van der Waals surface area contributed by atoms with Crippen LogP contribution in [-0.4, -0.2) is 19.1 Å². The van der Waals surface area contributed by atoms with Gasteiger partial charge in [-0.1, -0.05) is 50.1 Å². The second-order valence-corrected chi connectivity index (χ2v) is 5.52. The van der Waals surface area contributed by atoms with Crippen LogP contribution in [0.5, 0.6) is 0 Å². The molecule has 0 aliphatic rings. The Hall–Kier alpha value is -2.03. The van der Waals surface area contributed by atoms with Gasteiger partial charge in [0.2, 0.25) is 0 Å². The first-order valence-electron chi connectivity index (χ1n) is 7.66. The quantitative estimate of drug-likeness (QED) is 0.811. The number of pyridine rings is 1. The number of anilines is 2. The third-order valence-electron chi connectivity index (χ3n) is 3.59. The zero-order valence-electron chi connectivity index (χ0n) is 13.2. The van der Waals surface area contributed by atoms with Gasteiger partial charge in [0.05, 0.1) is 11.7 Å². The highest BCUT2D eigenvalue weighted by molar-refractivity contribution is 5.65. The van der Waals surface area contributed by atoms with Gasteiger partial charge in [0, 0.05) is 20.3 Å². The molecule has 1 atom stereocenters. The molecule has 1 heterocycles. The Bertz CT molecular complexity index is 537. The van der Waals surface area contributed by atoms with Crippen molar-refractivity contribution in [1.29, 1.82) is 0 Å². The Balaban J connectivity index is 2.23. The summed E-state index contributed by atoms with van der Waals surface area (Å²) in [5.74, 6) is 0.981. The molecule has 0 amide bonds. The van der Waals surface area contributed by atoms with E-state index in [2.05, 4.69) is 53.6 Å². The fourth-order valence-corrected chi connectivity index (χ4v) is 2.47. The summed E-state index contributed by atoms with van der Waals surface area (Å²) in [5, 5.41) is 3.68. The number of hydrogen-bond donors (Lipinski definition) is 1. The Morgan fingerprint density at radius 1 is 1.10 bits per heavy atom. The maximum Gasteiger partial charge on any atom is 0.151 e.